The first kappa shape index (κ1) is 29.9. The number of carbonyl (C=O) groups is 2. The number of allylic oxidation sites excluding steroid dienone is 10. The zero-order valence-electron chi connectivity index (χ0n) is 25.6. The molecule has 0 aromatic rings. The second-order valence-electron chi connectivity index (χ2n) is 11.7. The minimum Gasteiger partial charge on any atom is -0.509 e. The molecule has 0 aliphatic carbocycles. The first-order valence-electron chi connectivity index (χ1n) is 14.8. The number of nitrogens with zero attached hydrogens (tertiary/aromatic N) is 3. The third-order valence-corrected chi connectivity index (χ3v) is 9.15. The fourth-order valence-electron chi connectivity index (χ4n) is 6.16. The van der Waals surface area contributed by atoms with Gasteiger partial charge in [-0.1, -0.05) is 13.8 Å². The van der Waals surface area contributed by atoms with Gasteiger partial charge < -0.3 is 20.6 Å². The van der Waals surface area contributed by atoms with Crippen molar-refractivity contribution < 1.29 is 24.9 Å². The number of aliphatic hydroxyl groups is 1. The number of nitrogens with one attached hydrogen (secondary N) is 1. The van der Waals surface area contributed by atoms with Crippen LogP contribution in [0.1, 0.15) is 80.1 Å². The first-order chi connectivity index (χ1) is 20.4. The number of rotatable bonds is 8. The smallest absolute Gasteiger partial charge is 0.303 e. The zero-order valence-corrected chi connectivity index (χ0v) is 25.6. The van der Waals surface area contributed by atoms with Crippen molar-refractivity contribution in [1.82, 2.24) is 5.32 Å². The predicted molar refractivity (Wildman–Crippen MR) is 168 cm³/mol. The lowest BCUT2D eigenvalue weighted by Gasteiger charge is -2.24. The summed E-state index contributed by atoms with van der Waals surface area (Å²) in [6, 6.07) is 0. The molecular weight excluding hydrogens is 544 g/mol. The Labute approximate surface area is 251 Å². The molecule has 4 N–H and O–H groups in total. The molecule has 0 fully saturated rings. The lowest BCUT2D eigenvalue weighted by atomic mass is 9.82. The number of aliphatic imine (C=N–C) groups is 3. The fourth-order valence-corrected chi connectivity index (χ4v) is 6.16. The molecule has 0 radical (unpaired) electrons. The molecule has 9 nitrogen and oxygen atoms in total. The summed E-state index contributed by atoms with van der Waals surface area (Å²) in [5, 5.41) is 33.8. The average Bonchev–Trinajstić information content (AvgIpc) is 3.59. The highest BCUT2D eigenvalue weighted by molar-refractivity contribution is 6.18. The van der Waals surface area contributed by atoms with E-state index in [1.807, 2.05) is 58.9 Å². The van der Waals surface area contributed by atoms with Gasteiger partial charge in [0.25, 0.3) is 0 Å². The van der Waals surface area contributed by atoms with Crippen molar-refractivity contribution in [3.8, 4) is 0 Å². The van der Waals surface area contributed by atoms with Crippen LogP contribution in [-0.2, 0) is 9.59 Å². The maximum absolute atomic E-state index is 11.6. The topological polar surface area (TPSA) is 144 Å². The molecule has 5 heterocycles. The van der Waals surface area contributed by atoms with Gasteiger partial charge in [0.15, 0.2) is 0 Å². The molecule has 224 valence electrons. The van der Waals surface area contributed by atoms with E-state index in [0.29, 0.717) is 41.4 Å². The van der Waals surface area contributed by atoms with E-state index < -0.39 is 17.4 Å². The molecule has 9 heteroatoms. The largest absolute Gasteiger partial charge is 0.509 e. The van der Waals surface area contributed by atoms with Crippen LogP contribution in [0.5, 0.6) is 0 Å². The molecule has 5 aliphatic heterocycles. The molecule has 0 saturated carbocycles. The van der Waals surface area contributed by atoms with Crippen LogP contribution in [-0.4, -0.2) is 44.4 Å². The van der Waals surface area contributed by atoms with Crippen molar-refractivity contribution in [1.29, 1.82) is 0 Å². The van der Waals surface area contributed by atoms with Gasteiger partial charge in [-0.2, -0.15) is 0 Å². The summed E-state index contributed by atoms with van der Waals surface area (Å²) in [5.74, 6) is -1.56. The first-order valence-corrected chi connectivity index (χ1v) is 14.8. The Bertz CT molecular complexity index is 1700. The SMILES string of the molecule is CCC1=C(C)C2=CC3=C(O)C(C)(CC)C(=CC4=NC(=CC5=NC(=CC1=N2)C(C)=C5CCC(=O)O)C(CCC(=O)O)=C4C)N3. The van der Waals surface area contributed by atoms with Gasteiger partial charge in [-0.25, -0.2) is 15.0 Å². The second kappa shape index (κ2) is 11.3. The molecule has 5 aliphatic rings. The van der Waals surface area contributed by atoms with Crippen molar-refractivity contribution in [2.24, 2.45) is 20.4 Å². The lowest BCUT2D eigenvalue weighted by molar-refractivity contribution is -0.137. The highest BCUT2D eigenvalue weighted by Gasteiger charge is 2.41. The lowest BCUT2D eigenvalue weighted by Crippen LogP contribution is -2.22. The molecule has 1 atom stereocenters. The molecule has 0 spiro atoms. The Hall–Kier alpha value is -4.53. The standard InChI is InChI=1S/C34H38N4O5/c1-7-20-17(3)24-14-29-33(43)34(6,8-2)30(38-29)16-25-19(5)22(10-12-32(41)42)28(37-25)15-27-21(9-11-31(39)40)18(4)23(36-27)13-26(20)35-24/h13-16,38,43H,7-12H2,1-6H3,(H,39,40)(H,41,42). The van der Waals surface area contributed by atoms with E-state index in [2.05, 4.69) is 12.2 Å². The Kier molecular flexibility index (Phi) is 7.86. The number of hydrogen-bond donors (Lipinski definition) is 4. The molecule has 5 rings (SSSR count). The van der Waals surface area contributed by atoms with Gasteiger partial charge in [0.2, 0.25) is 0 Å². The summed E-state index contributed by atoms with van der Waals surface area (Å²) < 4.78 is 0. The molecule has 0 amide bonds. The van der Waals surface area contributed by atoms with E-state index in [1.54, 1.807) is 0 Å². The predicted octanol–water partition coefficient (Wildman–Crippen LogP) is 6.78. The third kappa shape index (κ3) is 5.28. The van der Waals surface area contributed by atoms with Crippen LogP contribution in [0.4, 0.5) is 0 Å². The maximum atomic E-state index is 11.6. The van der Waals surface area contributed by atoms with Gasteiger partial charge in [-0.3, -0.25) is 9.59 Å². The molecule has 1 unspecified atom stereocenters. The van der Waals surface area contributed by atoms with Crippen LogP contribution >= 0.6 is 0 Å². The quantitative estimate of drug-likeness (QED) is 0.248. The van der Waals surface area contributed by atoms with Crippen molar-refractivity contribution in [2.75, 3.05) is 0 Å². The molecule has 0 aromatic carbocycles. The van der Waals surface area contributed by atoms with Crippen molar-refractivity contribution in [3.63, 3.8) is 0 Å². The third-order valence-electron chi connectivity index (χ3n) is 9.15. The summed E-state index contributed by atoms with van der Waals surface area (Å²) in [7, 11) is 0. The number of carboxylic acids is 2. The summed E-state index contributed by atoms with van der Waals surface area (Å²) in [4.78, 5) is 38.0. The number of fused-ring (bicyclic) bond motifs is 5. The molecule has 0 saturated heterocycles. The summed E-state index contributed by atoms with van der Waals surface area (Å²) in [5.41, 5.74) is 10.3. The highest BCUT2D eigenvalue weighted by Crippen LogP contribution is 2.45. The van der Waals surface area contributed by atoms with Gasteiger partial charge in [0, 0.05) is 18.5 Å². The van der Waals surface area contributed by atoms with Gasteiger partial charge >= 0.3 is 11.9 Å². The van der Waals surface area contributed by atoms with E-state index in [0.717, 1.165) is 57.0 Å². The highest BCUT2D eigenvalue weighted by atomic mass is 16.4. The van der Waals surface area contributed by atoms with E-state index >= 15 is 0 Å². The number of aliphatic carboxylic acids is 2. The van der Waals surface area contributed by atoms with Crippen molar-refractivity contribution >= 4 is 29.1 Å². The van der Waals surface area contributed by atoms with E-state index in [1.165, 1.54) is 0 Å². The minimum atomic E-state index is -0.903. The van der Waals surface area contributed by atoms with E-state index in [-0.39, 0.29) is 25.0 Å². The van der Waals surface area contributed by atoms with E-state index in [9.17, 15) is 24.9 Å². The fraction of sp³-hybridized carbons (Fsp3) is 0.382. The van der Waals surface area contributed by atoms with Gasteiger partial charge in [-0.15, -0.1) is 0 Å². The van der Waals surface area contributed by atoms with Crippen LogP contribution in [0, 0.1) is 5.41 Å². The Morgan fingerprint density at radius 1 is 0.744 bits per heavy atom. The molecule has 0 aromatic heterocycles. The normalized spacial score (nSPS) is 23.2. The van der Waals surface area contributed by atoms with Gasteiger partial charge in [0.05, 0.1) is 45.3 Å². The molecule has 8 bridgehead atoms. The van der Waals surface area contributed by atoms with Crippen molar-refractivity contribution in [3.05, 3.63) is 92.0 Å². The monoisotopic (exact) mass is 582 g/mol. The summed E-state index contributed by atoms with van der Waals surface area (Å²) >= 11 is 0. The summed E-state index contributed by atoms with van der Waals surface area (Å²) in [6.45, 7) is 12.0. The van der Waals surface area contributed by atoms with Crippen LogP contribution < -0.4 is 5.32 Å². The Morgan fingerprint density at radius 3 is 1.88 bits per heavy atom. The van der Waals surface area contributed by atoms with Gasteiger partial charge in [-0.05, 0) is 111 Å². The van der Waals surface area contributed by atoms with E-state index in [4.69, 9.17) is 15.0 Å². The average molecular weight is 583 g/mol. The van der Waals surface area contributed by atoms with Crippen LogP contribution in [0.15, 0.2) is 107 Å². The minimum absolute atomic E-state index is 0.0452. The second-order valence-corrected chi connectivity index (χ2v) is 11.7. The zero-order chi connectivity index (χ0) is 31.2. The Morgan fingerprint density at radius 2 is 1.28 bits per heavy atom. The van der Waals surface area contributed by atoms with Crippen molar-refractivity contribution in [2.45, 2.75) is 80.1 Å². The maximum Gasteiger partial charge on any atom is 0.303 e. The molecule has 43 heavy (non-hydrogen) atoms. The number of aliphatic hydroxyl groups excluding tert-OH is 1. The number of hydrogen-bond acceptors (Lipinski definition) is 7. The summed E-state index contributed by atoms with van der Waals surface area (Å²) in [6.07, 6.45) is 9.50. The Balaban J connectivity index is 1.78. The van der Waals surface area contributed by atoms with Gasteiger partial charge in [0.1, 0.15) is 5.76 Å². The van der Waals surface area contributed by atoms with Crippen LogP contribution in [0.2, 0.25) is 0 Å². The van der Waals surface area contributed by atoms with Crippen LogP contribution in [0.3, 0.4) is 0 Å². The number of carboxylic acid groups (broad SMARTS) is 2. The van der Waals surface area contributed by atoms with Crippen LogP contribution in [0.25, 0.3) is 0 Å². The molecular formula is C34H38N4O5.